The average Bonchev–Trinajstić information content (AvgIpc) is 2.30. The third kappa shape index (κ3) is 6.03. The lowest BCUT2D eigenvalue weighted by molar-refractivity contribution is -0.858. The van der Waals surface area contributed by atoms with Crippen molar-refractivity contribution in [3.05, 3.63) is 35.4 Å². The van der Waals surface area contributed by atoms with Crippen molar-refractivity contribution in [3.63, 3.8) is 0 Å². The van der Waals surface area contributed by atoms with Crippen LogP contribution < -0.4 is 17.3 Å². The lowest BCUT2D eigenvalue weighted by Crippen LogP contribution is -3.06. The van der Waals surface area contributed by atoms with Gasteiger partial charge in [-0.25, -0.2) is 4.79 Å². The summed E-state index contributed by atoms with van der Waals surface area (Å²) in [6, 6.07) is 7.68. The molecule has 0 aliphatic rings. The smallest absolute Gasteiger partial charge is 0.338 e. The van der Waals surface area contributed by atoms with Gasteiger partial charge >= 0.3 is 5.97 Å². The number of esters is 1. The predicted molar refractivity (Wildman–Crippen MR) is 68.4 cm³/mol. The highest BCUT2D eigenvalue weighted by Crippen LogP contribution is 2.07. The van der Waals surface area contributed by atoms with Crippen molar-refractivity contribution in [2.75, 3.05) is 27.2 Å². The molecule has 0 amide bonds. The van der Waals surface area contributed by atoms with Crippen LogP contribution in [-0.4, -0.2) is 33.2 Å². The maximum Gasteiger partial charge on any atom is 0.338 e. The first-order valence-corrected chi connectivity index (χ1v) is 6.18. The molecule has 0 bridgehead atoms. The van der Waals surface area contributed by atoms with E-state index in [4.69, 9.17) is 4.74 Å². The summed E-state index contributed by atoms with van der Waals surface area (Å²) in [6.45, 7) is 3.45. The third-order valence-corrected chi connectivity index (χ3v) is 2.56. The number of hydrogen-bond donors (Lipinski definition) is 1. The molecule has 1 N–H and O–H groups in total. The van der Waals surface area contributed by atoms with Crippen LogP contribution in [0.15, 0.2) is 24.3 Å². The normalized spacial score (nSPS) is 10.0. The number of benzene rings is 1. The second-order valence-electron chi connectivity index (χ2n) is 4.54. The predicted octanol–water partition coefficient (Wildman–Crippen LogP) is -2.06. The topological polar surface area (TPSA) is 30.7 Å². The summed E-state index contributed by atoms with van der Waals surface area (Å²) in [7, 11) is 4.07. The van der Waals surface area contributed by atoms with E-state index < -0.39 is 0 Å². The molecule has 0 saturated carbocycles. The van der Waals surface area contributed by atoms with Gasteiger partial charge in [-0.3, -0.25) is 0 Å². The number of halogens is 1. The van der Waals surface area contributed by atoms with Gasteiger partial charge in [-0.1, -0.05) is 25.5 Å². The van der Waals surface area contributed by atoms with Gasteiger partial charge in [-0.15, -0.1) is 0 Å². The Hall–Kier alpha value is -1.06. The Morgan fingerprint density at radius 3 is 2.33 bits per heavy atom. The van der Waals surface area contributed by atoms with Crippen LogP contribution in [0.2, 0.25) is 0 Å². The Bertz CT molecular complexity index is 349. The quantitative estimate of drug-likeness (QED) is 0.604. The number of carbonyl (C=O) groups is 1. The van der Waals surface area contributed by atoms with Gasteiger partial charge in [-0.05, 0) is 24.1 Å². The van der Waals surface area contributed by atoms with Gasteiger partial charge in [0.05, 0.1) is 19.7 Å². The number of nitrogens with one attached hydrogen (secondary N) is 1. The lowest BCUT2D eigenvalue weighted by atomic mass is 10.1. The maximum atomic E-state index is 11.7. The largest absolute Gasteiger partial charge is 1.00 e. The highest BCUT2D eigenvalue weighted by Gasteiger charge is 2.07. The summed E-state index contributed by atoms with van der Waals surface area (Å²) in [6.07, 6.45) is 2.18. The van der Waals surface area contributed by atoms with Gasteiger partial charge in [0.2, 0.25) is 0 Å². The van der Waals surface area contributed by atoms with Crippen molar-refractivity contribution in [3.8, 4) is 0 Å². The van der Waals surface area contributed by atoms with Crippen molar-refractivity contribution in [1.29, 1.82) is 0 Å². The van der Waals surface area contributed by atoms with E-state index in [9.17, 15) is 4.79 Å². The molecule has 0 aromatic heterocycles. The van der Waals surface area contributed by atoms with Gasteiger partial charge in [0.15, 0.2) is 0 Å². The zero-order chi connectivity index (χ0) is 12.7. The van der Waals surface area contributed by atoms with E-state index in [2.05, 4.69) is 6.92 Å². The van der Waals surface area contributed by atoms with Crippen LogP contribution in [0.5, 0.6) is 0 Å². The summed E-state index contributed by atoms with van der Waals surface area (Å²) in [5.41, 5.74) is 1.90. The lowest BCUT2D eigenvalue weighted by Gasteiger charge is -2.08. The number of ether oxygens (including phenoxy) is 1. The van der Waals surface area contributed by atoms with Crippen molar-refractivity contribution < 1.29 is 26.8 Å². The molecule has 0 radical (unpaired) electrons. The Labute approximate surface area is 116 Å². The second-order valence-corrected chi connectivity index (χ2v) is 4.54. The Morgan fingerprint density at radius 1 is 1.22 bits per heavy atom. The van der Waals surface area contributed by atoms with Crippen LogP contribution in [-0.2, 0) is 11.2 Å². The molecule has 1 rings (SSSR count). The minimum Gasteiger partial charge on any atom is -1.00 e. The zero-order valence-corrected chi connectivity index (χ0v) is 12.1. The molecular formula is C14H22ClNO2. The minimum atomic E-state index is -0.228. The standard InChI is InChI=1S/C14H21NO2.ClH/c1-4-5-12-6-8-13(9-7-12)14(16)17-11-10-15(2)3;/h6-9H,4-5,10-11H2,1-3H3;1H. The minimum absolute atomic E-state index is 0. The molecule has 18 heavy (non-hydrogen) atoms. The molecular weight excluding hydrogens is 250 g/mol. The number of aryl methyl sites for hydroxylation is 1. The molecule has 4 heteroatoms. The highest BCUT2D eigenvalue weighted by molar-refractivity contribution is 5.89. The van der Waals surface area contributed by atoms with E-state index in [1.54, 1.807) is 0 Å². The fraction of sp³-hybridized carbons (Fsp3) is 0.500. The zero-order valence-electron chi connectivity index (χ0n) is 11.3. The molecule has 0 unspecified atom stereocenters. The summed E-state index contributed by atoms with van der Waals surface area (Å²) in [4.78, 5) is 12.9. The van der Waals surface area contributed by atoms with Crippen molar-refractivity contribution in [2.45, 2.75) is 19.8 Å². The van der Waals surface area contributed by atoms with Gasteiger partial charge in [0.1, 0.15) is 13.2 Å². The SMILES string of the molecule is CCCc1ccc(C(=O)OCC[NH+](C)C)cc1.[Cl-]. The molecule has 0 spiro atoms. The van der Waals surface area contributed by atoms with Crippen molar-refractivity contribution in [2.24, 2.45) is 0 Å². The monoisotopic (exact) mass is 271 g/mol. The van der Waals surface area contributed by atoms with Gasteiger partial charge in [-0.2, -0.15) is 0 Å². The van der Waals surface area contributed by atoms with Crippen LogP contribution >= 0.6 is 0 Å². The third-order valence-electron chi connectivity index (χ3n) is 2.56. The second kappa shape index (κ2) is 8.95. The van der Waals surface area contributed by atoms with Crippen LogP contribution in [0.3, 0.4) is 0 Å². The first-order valence-electron chi connectivity index (χ1n) is 6.18. The van der Waals surface area contributed by atoms with E-state index in [1.807, 2.05) is 38.4 Å². The summed E-state index contributed by atoms with van der Waals surface area (Å²) in [5.74, 6) is -0.228. The highest BCUT2D eigenvalue weighted by atomic mass is 35.5. The number of carbonyl (C=O) groups excluding carboxylic acids is 1. The van der Waals surface area contributed by atoms with Gasteiger partial charge < -0.3 is 22.0 Å². The molecule has 0 atom stereocenters. The van der Waals surface area contributed by atoms with Crippen LogP contribution in [0.1, 0.15) is 29.3 Å². The summed E-state index contributed by atoms with van der Waals surface area (Å²) in [5, 5.41) is 0. The Kier molecular flexibility index (Phi) is 8.42. The average molecular weight is 272 g/mol. The fourth-order valence-corrected chi connectivity index (χ4v) is 1.53. The van der Waals surface area contributed by atoms with Crippen LogP contribution in [0.4, 0.5) is 0 Å². The summed E-state index contributed by atoms with van der Waals surface area (Å²) < 4.78 is 5.18. The van der Waals surface area contributed by atoms with Crippen molar-refractivity contribution in [1.82, 2.24) is 0 Å². The molecule has 1 aromatic rings. The van der Waals surface area contributed by atoms with E-state index in [0.29, 0.717) is 12.2 Å². The molecule has 0 aliphatic carbocycles. The number of likely N-dealkylation sites (N-methyl/N-ethyl adjacent to an activating group) is 1. The molecule has 102 valence electrons. The van der Waals surface area contributed by atoms with Gasteiger partial charge in [0, 0.05) is 0 Å². The first-order chi connectivity index (χ1) is 8.13. The first kappa shape index (κ1) is 16.9. The molecule has 0 heterocycles. The number of rotatable bonds is 6. The molecule has 0 fully saturated rings. The number of quaternary nitrogens is 1. The van der Waals surface area contributed by atoms with E-state index in [-0.39, 0.29) is 18.4 Å². The van der Waals surface area contributed by atoms with Gasteiger partial charge in [0.25, 0.3) is 0 Å². The van der Waals surface area contributed by atoms with E-state index in [0.717, 1.165) is 19.4 Å². The van der Waals surface area contributed by atoms with Crippen LogP contribution in [0, 0.1) is 0 Å². The number of hydrogen-bond acceptors (Lipinski definition) is 2. The van der Waals surface area contributed by atoms with E-state index in [1.165, 1.54) is 10.5 Å². The Balaban J connectivity index is 0.00000289. The van der Waals surface area contributed by atoms with Crippen LogP contribution in [0.25, 0.3) is 0 Å². The molecule has 1 aromatic carbocycles. The molecule has 0 saturated heterocycles. The fourth-order valence-electron chi connectivity index (χ4n) is 1.53. The summed E-state index contributed by atoms with van der Waals surface area (Å²) >= 11 is 0. The molecule has 3 nitrogen and oxygen atoms in total. The van der Waals surface area contributed by atoms with E-state index >= 15 is 0 Å². The molecule has 0 aliphatic heterocycles. The maximum absolute atomic E-state index is 11.7. The Morgan fingerprint density at radius 2 is 1.83 bits per heavy atom. The van der Waals surface area contributed by atoms with Crippen molar-refractivity contribution >= 4 is 5.97 Å².